The molecule has 0 amide bonds. The highest BCUT2D eigenvalue weighted by atomic mass is 79.9. The number of nitrogens with two attached hydrogens (primary N) is 2. The van der Waals surface area contributed by atoms with Gasteiger partial charge in [-0.25, -0.2) is 15.0 Å². The Morgan fingerprint density at radius 2 is 1.94 bits per heavy atom. The van der Waals surface area contributed by atoms with Crippen molar-refractivity contribution in [3.8, 4) is 0 Å². The second-order valence-electron chi connectivity index (χ2n) is 9.02. The smallest absolute Gasteiger partial charge is 0.138 e. The molecule has 0 radical (unpaired) electrons. The van der Waals surface area contributed by atoms with E-state index < -0.39 is 12.2 Å². The normalized spacial score (nSPS) is 27.2. The topological polar surface area (TPSA) is 134 Å². The fourth-order valence-corrected chi connectivity index (χ4v) is 5.61. The van der Waals surface area contributed by atoms with Crippen molar-refractivity contribution in [2.45, 2.75) is 50.4 Å². The van der Waals surface area contributed by atoms with Gasteiger partial charge >= 0.3 is 0 Å². The number of rotatable bonds is 4. The van der Waals surface area contributed by atoms with Gasteiger partial charge in [0.1, 0.15) is 29.9 Å². The monoisotopic (exact) mass is 498 g/mol. The van der Waals surface area contributed by atoms with E-state index in [1.54, 1.807) is 0 Å². The van der Waals surface area contributed by atoms with Crippen LogP contribution < -0.4 is 16.4 Å². The number of aryl methyl sites for hydroxylation is 1. The van der Waals surface area contributed by atoms with E-state index in [-0.39, 0.29) is 17.9 Å². The molecule has 0 bridgehead atoms. The Bertz CT molecular complexity index is 1170. The second kappa shape index (κ2) is 8.13. The number of hydrogen-bond acceptors (Lipinski definition) is 8. The summed E-state index contributed by atoms with van der Waals surface area (Å²) in [5.74, 6) is 1.93. The molecule has 6 N–H and O–H groups in total. The summed E-state index contributed by atoms with van der Waals surface area (Å²) in [6, 6.07) is 7.94. The Kier molecular flexibility index (Phi) is 5.43. The minimum Gasteiger partial charge on any atom is -0.390 e. The van der Waals surface area contributed by atoms with Crippen molar-refractivity contribution >= 4 is 44.3 Å². The molecule has 168 valence electrons. The van der Waals surface area contributed by atoms with Gasteiger partial charge < -0.3 is 26.6 Å². The molecule has 32 heavy (non-hydrogen) atoms. The number of anilines is 3. The van der Waals surface area contributed by atoms with Crippen LogP contribution in [0.5, 0.6) is 0 Å². The van der Waals surface area contributed by atoms with Gasteiger partial charge in [0, 0.05) is 23.4 Å². The number of hydrogen-bond donors (Lipinski definition) is 4. The summed E-state index contributed by atoms with van der Waals surface area (Å²) in [5, 5.41) is 22.7. The van der Waals surface area contributed by atoms with Crippen LogP contribution in [0.1, 0.15) is 36.8 Å². The maximum Gasteiger partial charge on any atom is 0.138 e. The standard InChI is InChI=1S/C23H27BrN6O2/c1-11-9-30(23-18(11)22(26)27-10-28-23)17-8-14(19(31)20(17)32)5-3-12-2-4-13-7-15(24)21(25)29-16(13)6-12/h2,4,6-7,10-11,14,17,19-20,31-32H,3,5,8-9H2,1H3,(H2,25,29)(H2,26,27,28)/t11?,14-,17+,19+,20-/m0/s1. The molecule has 0 saturated heterocycles. The Labute approximate surface area is 194 Å². The number of aliphatic hydroxyl groups is 2. The number of nitrogens with zero attached hydrogens (tertiary/aromatic N) is 4. The summed E-state index contributed by atoms with van der Waals surface area (Å²) in [6.45, 7) is 2.81. The van der Waals surface area contributed by atoms with E-state index >= 15 is 0 Å². The second-order valence-corrected chi connectivity index (χ2v) is 9.87. The minimum atomic E-state index is -0.829. The van der Waals surface area contributed by atoms with E-state index in [1.165, 1.54) is 6.33 Å². The van der Waals surface area contributed by atoms with Gasteiger partial charge in [0.2, 0.25) is 0 Å². The number of pyridine rings is 1. The highest BCUT2D eigenvalue weighted by Gasteiger charge is 2.46. The number of fused-ring (bicyclic) bond motifs is 2. The van der Waals surface area contributed by atoms with Crippen molar-refractivity contribution in [3.05, 3.63) is 46.2 Å². The molecule has 2 aromatic heterocycles. The number of aliphatic hydroxyl groups excluding tert-OH is 2. The van der Waals surface area contributed by atoms with Gasteiger partial charge in [0.15, 0.2) is 0 Å². The van der Waals surface area contributed by atoms with Gasteiger partial charge in [-0.05, 0) is 58.8 Å². The lowest BCUT2D eigenvalue weighted by Gasteiger charge is -2.29. The summed E-state index contributed by atoms with van der Waals surface area (Å²) in [5.41, 5.74) is 14.9. The molecule has 1 aliphatic carbocycles. The Hall–Kier alpha value is -2.49. The highest BCUT2D eigenvalue weighted by Crippen LogP contribution is 2.43. The van der Waals surface area contributed by atoms with Crippen LogP contribution in [0.2, 0.25) is 0 Å². The quantitative estimate of drug-likeness (QED) is 0.431. The SMILES string of the molecule is CC1CN([C@@H]2C[C@H](CCc3ccc4cc(Br)c(N)nc4c3)[C@@H](O)[C@H]2O)c2ncnc(N)c21. The van der Waals surface area contributed by atoms with Crippen LogP contribution >= 0.6 is 15.9 Å². The van der Waals surface area contributed by atoms with Crippen LogP contribution in [0.4, 0.5) is 17.5 Å². The van der Waals surface area contributed by atoms with E-state index in [1.807, 2.05) is 18.2 Å². The summed E-state index contributed by atoms with van der Waals surface area (Å²) in [6.07, 6.45) is 2.12. The Morgan fingerprint density at radius 3 is 2.75 bits per heavy atom. The highest BCUT2D eigenvalue weighted by molar-refractivity contribution is 9.10. The first-order valence-corrected chi connectivity index (χ1v) is 11.7. The summed E-state index contributed by atoms with van der Waals surface area (Å²) >= 11 is 3.42. The van der Waals surface area contributed by atoms with Gasteiger partial charge in [0.05, 0.1) is 22.1 Å². The van der Waals surface area contributed by atoms with E-state index in [0.717, 1.165) is 45.2 Å². The average molecular weight is 499 g/mol. The van der Waals surface area contributed by atoms with Gasteiger partial charge in [0.25, 0.3) is 0 Å². The molecule has 5 atom stereocenters. The third kappa shape index (κ3) is 3.58. The zero-order valence-corrected chi connectivity index (χ0v) is 19.4. The van der Waals surface area contributed by atoms with Gasteiger partial charge in [-0.1, -0.05) is 19.1 Å². The molecule has 5 rings (SSSR count). The van der Waals surface area contributed by atoms with Crippen LogP contribution in [0.25, 0.3) is 10.9 Å². The summed E-state index contributed by atoms with van der Waals surface area (Å²) in [4.78, 5) is 15.1. The molecule has 0 spiro atoms. The number of nitrogen functional groups attached to an aromatic ring is 2. The molecule has 3 aromatic rings. The van der Waals surface area contributed by atoms with Crippen molar-refractivity contribution < 1.29 is 10.2 Å². The van der Waals surface area contributed by atoms with E-state index in [2.05, 4.69) is 48.8 Å². The van der Waals surface area contributed by atoms with E-state index in [4.69, 9.17) is 11.5 Å². The molecule has 2 aliphatic rings. The van der Waals surface area contributed by atoms with Gasteiger partial charge in [-0.15, -0.1) is 0 Å². The number of benzene rings is 1. The number of halogens is 1. The minimum absolute atomic E-state index is 0.00724. The summed E-state index contributed by atoms with van der Waals surface area (Å²) < 4.78 is 0.789. The van der Waals surface area contributed by atoms with E-state index in [9.17, 15) is 10.2 Å². The predicted molar refractivity (Wildman–Crippen MR) is 128 cm³/mol. The van der Waals surface area contributed by atoms with E-state index in [0.29, 0.717) is 24.6 Å². The molecule has 1 saturated carbocycles. The van der Waals surface area contributed by atoms with Crippen molar-refractivity contribution in [1.82, 2.24) is 15.0 Å². The fraction of sp³-hybridized carbons (Fsp3) is 0.435. The molecule has 1 aliphatic heterocycles. The molecule has 3 heterocycles. The van der Waals surface area contributed by atoms with Gasteiger partial charge in [-0.3, -0.25) is 0 Å². The third-order valence-corrected chi connectivity index (χ3v) is 7.60. The molecule has 1 unspecified atom stereocenters. The first kappa shape index (κ1) is 21.4. The predicted octanol–water partition coefficient (Wildman–Crippen LogP) is 2.62. The van der Waals surface area contributed by atoms with Gasteiger partial charge in [-0.2, -0.15) is 0 Å². The van der Waals surface area contributed by atoms with Crippen molar-refractivity contribution in [2.24, 2.45) is 5.92 Å². The van der Waals surface area contributed by atoms with Crippen LogP contribution in [-0.4, -0.2) is 50.0 Å². The zero-order chi connectivity index (χ0) is 22.6. The maximum atomic E-state index is 10.9. The lowest BCUT2D eigenvalue weighted by atomic mass is 9.95. The van der Waals surface area contributed by atoms with Crippen molar-refractivity contribution in [1.29, 1.82) is 0 Å². The average Bonchev–Trinajstić information content (AvgIpc) is 3.25. The lowest BCUT2D eigenvalue weighted by molar-refractivity contribution is 0.0130. The fourth-order valence-electron chi connectivity index (χ4n) is 5.27. The molecular formula is C23H27BrN6O2. The molecule has 1 fully saturated rings. The molecule has 8 nitrogen and oxygen atoms in total. The van der Waals surface area contributed by atoms with Crippen molar-refractivity contribution in [2.75, 3.05) is 22.9 Å². The van der Waals surface area contributed by atoms with Crippen molar-refractivity contribution in [3.63, 3.8) is 0 Å². The van der Waals surface area contributed by atoms with Crippen LogP contribution in [0.3, 0.4) is 0 Å². The zero-order valence-electron chi connectivity index (χ0n) is 17.8. The third-order valence-electron chi connectivity index (χ3n) is 6.97. The molecule has 1 aromatic carbocycles. The largest absolute Gasteiger partial charge is 0.390 e. The maximum absolute atomic E-state index is 10.9. The Morgan fingerprint density at radius 1 is 1.12 bits per heavy atom. The number of aromatic nitrogens is 3. The van der Waals surface area contributed by atoms with Crippen LogP contribution in [0, 0.1) is 5.92 Å². The first-order chi connectivity index (χ1) is 15.3. The Balaban J connectivity index is 1.31. The molecular weight excluding hydrogens is 472 g/mol. The summed E-state index contributed by atoms with van der Waals surface area (Å²) in [7, 11) is 0. The van der Waals surface area contributed by atoms with Crippen LogP contribution in [-0.2, 0) is 6.42 Å². The lowest BCUT2D eigenvalue weighted by Crippen LogP contribution is -2.43. The molecule has 9 heteroatoms. The van der Waals surface area contributed by atoms with Crippen LogP contribution in [0.15, 0.2) is 35.1 Å². The first-order valence-electron chi connectivity index (χ1n) is 10.9.